The number of nitrogens with one attached hydrogen (secondary N) is 1. The number of hydrogen-bond donors (Lipinski definition) is 2. The Morgan fingerprint density at radius 1 is 1.27 bits per heavy atom. The first-order chi connectivity index (χ1) is 10.7. The molecule has 0 aliphatic carbocycles. The van der Waals surface area contributed by atoms with Crippen LogP contribution in [0.15, 0.2) is 36.9 Å². The lowest BCUT2D eigenvalue weighted by Crippen LogP contribution is -2.14. The number of aromatic nitrogens is 4. The first-order valence-electron chi connectivity index (χ1n) is 6.54. The second kappa shape index (κ2) is 6.10. The van der Waals surface area contributed by atoms with Gasteiger partial charge >= 0.3 is 0 Å². The molecule has 0 radical (unpaired) electrons. The second-order valence-electron chi connectivity index (χ2n) is 4.64. The van der Waals surface area contributed by atoms with Gasteiger partial charge in [-0.2, -0.15) is 0 Å². The van der Waals surface area contributed by atoms with Gasteiger partial charge in [-0.25, -0.2) is 15.0 Å². The molecule has 0 unspecified atom stereocenters. The Kier molecular flexibility index (Phi) is 4.01. The topological polar surface area (TPSA) is 98.7 Å². The van der Waals surface area contributed by atoms with Crippen molar-refractivity contribution in [2.75, 3.05) is 16.4 Å². The molecule has 0 aliphatic rings. The van der Waals surface area contributed by atoms with E-state index in [1.807, 2.05) is 28.8 Å². The maximum absolute atomic E-state index is 11.6. The van der Waals surface area contributed by atoms with E-state index < -0.39 is 0 Å². The molecule has 7 nitrogen and oxygen atoms in total. The largest absolute Gasteiger partial charge is 0.382 e. The number of imidazole rings is 1. The lowest BCUT2D eigenvalue weighted by Gasteiger charge is -2.11. The molecule has 8 heteroatoms. The number of carbonyl (C=O) groups excluding carboxylic acids is 1. The van der Waals surface area contributed by atoms with Crippen molar-refractivity contribution in [2.45, 2.75) is 6.54 Å². The van der Waals surface area contributed by atoms with Crippen LogP contribution in [0.5, 0.6) is 0 Å². The third kappa shape index (κ3) is 2.77. The van der Waals surface area contributed by atoms with E-state index in [0.29, 0.717) is 23.5 Å². The summed E-state index contributed by atoms with van der Waals surface area (Å²) in [6.45, 7) is 0.520. The van der Waals surface area contributed by atoms with Crippen molar-refractivity contribution in [3.05, 3.63) is 42.5 Å². The molecule has 0 atom stereocenters. The molecule has 2 aromatic heterocycles. The van der Waals surface area contributed by atoms with E-state index in [0.717, 1.165) is 11.3 Å². The Labute approximate surface area is 134 Å². The van der Waals surface area contributed by atoms with Crippen molar-refractivity contribution in [1.29, 1.82) is 0 Å². The van der Waals surface area contributed by atoms with Crippen molar-refractivity contribution < 1.29 is 4.79 Å². The lowest BCUT2D eigenvalue weighted by molar-refractivity contribution is -0.113. The Morgan fingerprint density at radius 2 is 2.09 bits per heavy atom. The highest BCUT2D eigenvalue weighted by molar-refractivity contribution is 9.09. The number of rotatable bonds is 4. The van der Waals surface area contributed by atoms with E-state index in [1.54, 1.807) is 6.33 Å². The molecule has 0 fully saturated rings. The van der Waals surface area contributed by atoms with Crippen molar-refractivity contribution in [2.24, 2.45) is 0 Å². The third-order valence-corrected chi connectivity index (χ3v) is 3.69. The number of alkyl halides is 1. The van der Waals surface area contributed by atoms with Crippen LogP contribution >= 0.6 is 15.9 Å². The standard InChI is InChI=1S/C14H13BrN6O/c15-5-11(22)20-10-4-2-1-3-9(10)6-21-8-19-12-13(16)17-7-18-14(12)21/h1-4,7-8H,5-6H2,(H,20,22)(H2,16,17,18). The van der Waals surface area contributed by atoms with Gasteiger partial charge in [0, 0.05) is 5.69 Å². The summed E-state index contributed by atoms with van der Waals surface area (Å²) in [6.07, 6.45) is 3.08. The predicted octanol–water partition coefficient (Wildman–Crippen LogP) is 1.79. The molecule has 1 aromatic carbocycles. The summed E-state index contributed by atoms with van der Waals surface area (Å²) in [5, 5.41) is 3.10. The highest BCUT2D eigenvalue weighted by Gasteiger charge is 2.10. The Bertz CT molecular complexity index is 831. The number of carbonyl (C=O) groups is 1. The Balaban J connectivity index is 1.95. The molecule has 0 saturated heterocycles. The molecular formula is C14H13BrN6O. The van der Waals surface area contributed by atoms with Crippen molar-refractivity contribution >= 4 is 44.5 Å². The van der Waals surface area contributed by atoms with Gasteiger partial charge in [0.15, 0.2) is 11.5 Å². The Morgan fingerprint density at radius 3 is 2.91 bits per heavy atom. The van der Waals surface area contributed by atoms with E-state index >= 15 is 0 Å². The molecule has 3 rings (SSSR count). The van der Waals surface area contributed by atoms with Gasteiger partial charge < -0.3 is 15.6 Å². The van der Waals surface area contributed by atoms with Gasteiger partial charge in [-0.15, -0.1) is 0 Å². The summed E-state index contributed by atoms with van der Waals surface area (Å²) < 4.78 is 1.87. The molecule has 3 N–H and O–H groups in total. The van der Waals surface area contributed by atoms with Crippen LogP contribution in [0, 0.1) is 0 Å². The minimum atomic E-state index is -0.102. The normalized spacial score (nSPS) is 10.8. The average molecular weight is 361 g/mol. The summed E-state index contributed by atoms with van der Waals surface area (Å²) >= 11 is 3.14. The summed E-state index contributed by atoms with van der Waals surface area (Å²) in [6, 6.07) is 7.60. The SMILES string of the molecule is Nc1ncnc2c1ncn2Cc1ccccc1NC(=O)CBr. The Hall–Kier alpha value is -2.48. The number of nitrogens with two attached hydrogens (primary N) is 1. The van der Waals surface area contributed by atoms with Crippen LogP contribution in [0.4, 0.5) is 11.5 Å². The van der Waals surface area contributed by atoms with Crippen LogP contribution < -0.4 is 11.1 Å². The van der Waals surface area contributed by atoms with Crippen LogP contribution in [-0.4, -0.2) is 30.8 Å². The monoisotopic (exact) mass is 360 g/mol. The van der Waals surface area contributed by atoms with E-state index in [2.05, 4.69) is 36.2 Å². The zero-order valence-electron chi connectivity index (χ0n) is 11.5. The van der Waals surface area contributed by atoms with Crippen molar-refractivity contribution in [3.8, 4) is 0 Å². The van der Waals surface area contributed by atoms with Crippen molar-refractivity contribution in [3.63, 3.8) is 0 Å². The zero-order chi connectivity index (χ0) is 15.5. The predicted molar refractivity (Wildman–Crippen MR) is 87.7 cm³/mol. The first-order valence-corrected chi connectivity index (χ1v) is 7.66. The highest BCUT2D eigenvalue weighted by atomic mass is 79.9. The number of nitrogens with zero attached hydrogens (tertiary/aromatic N) is 4. The van der Waals surface area contributed by atoms with E-state index in [9.17, 15) is 4.79 Å². The van der Waals surface area contributed by atoms with Gasteiger partial charge in [-0.3, -0.25) is 4.79 Å². The third-order valence-electron chi connectivity index (χ3n) is 3.18. The molecule has 0 spiro atoms. The molecule has 1 amide bonds. The quantitative estimate of drug-likeness (QED) is 0.691. The van der Waals surface area contributed by atoms with Crippen LogP contribution in [-0.2, 0) is 11.3 Å². The van der Waals surface area contributed by atoms with E-state index in [1.165, 1.54) is 6.33 Å². The number of nitrogen functional groups attached to an aromatic ring is 1. The van der Waals surface area contributed by atoms with E-state index in [-0.39, 0.29) is 11.2 Å². The fourth-order valence-corrected chi connectivity index (χ4v) is 2.30. The van der Waals surface area contributed by atoms with Gasteiger partial charge in [0.2, 0.25) is 5.91 Å². The zero-order valence-corrected chi connectivity index (χ0v) is 13.1. The number of amides is 1. The molecule has 0 bridgehead atoms. The van der Waals surface area contributed by atoms with Gasteiger partial charge in [-0.05, 0) is 11.6 Å². The molecule has 22 heavy (non-hydrogen) atoms. The van der Waals surface area contributed by atoms with Gasteiger partial charge in [-0.1, -0.05) is 34.1 Å². The minimum absolute atomic E-state index is 0.102. The molecule has 112 valence electrons. The number of halogens is 1. The fourth-order valence-electron chi connectivity index (χ4n) is 2.16. The lowest BCUT2D eigenvalue weighted by atomic mass is 10.1. The van der Waals surface area contributed by atoms with Crippen LogP contribution in [0.25, 0.3) is 11.2 Å². The first kappa shape index (κ1) is 14.5. The maximum Gasteiger partial charge on any atom is 0.235 e. The van der Waals surface area contributed by atoms with Crippen molar-refractivity contribution in [1.82, 2.24) is 19.5 Å². The average Bonchev–Trinajstić information content (AvgIpc) is 2.94. The number of anilines is 2. The van der Waals surface area contributed by atoms with E-state index in [4.69, 9.17) is 5.73 Å². The summed E-state index contributed by atoms with van der Waals surface area (Å²) in [5.41, 5.74) is 8.73. The number of fused-ring (bicyclic) bond motifs is 1. The van der Waals surface area contributed by atoms with Crippen LogP contribution in [0.2, 0.25) is 0 Å². The summed E-state index contributed by atoms with van der Waals surface area (Å²) in [5.74, 6) is 0.249. The maximum atomic E-state index is 11.6. The van der Waals surface area contributed by atoms with Gasteiger partial charge in [0.25, 0.3) is 0 Å². The molecule has 3 aromatic rings. The summed E-state index contributed by atoms with van der Waals surface area (Å²) in [4.78, 5) is 24.0. The smallest absolute Gasteiger partial charge is 0.235 e. The number of hydrogen-bond acceptors (Lipinski definition) is 5. The van der Waals surface area contributed by atoms with Crippen LogP contribution in [0.1, 0.15) is 5.56 Å². The van der Waals surface area contributed by atoms with Crippen LogP contribution in [0.3, 0.4) is 0 Å². The summed E-state index contributed by atoms with van der Waals surface area (Å²) in [7, 11) is 0. The number of para-hydroxylation sites is 1. The fraction of sp³-hybridized carbons (Fsp3) is 0.143. The molecule has 0 aliphatic heterocycles. The van der Waals surface area contributed by atoms with Gasteiger partial charge in [0.05, 0.1) is 18.2 Å². The second-order valence-corrected chi connectivity index (χ2v) is 5.20. The molecular weight excluding hydrogens is 348 g/mol. The minimum Gasteiger partial charge on any atom is -0.382 e. The highest BCUT2D eigenvalue weighted by Crippen LogP contribution is 2.20. The molecule has 2 heterocycles. The number of benzene rings is 1. The van der Waals surface area contributed by atoms with Gasteiger partial charge in [0.1, 0.15) is 11.8 Å². The molecule has 0 saturated carbocycles.